The fraction of sp³-hybridized carbons (Fsp3) is 0.250. The van der Waals surface area contributed by atoms with Crippen LogP contribution in [-0.2, 0) is 4.79 Å². The number of hydrogen-bond acceptors (Lipinski definition) is 3. The Morgan fingerprint density at radius 3 is 2.67 bits per heavy atom. The van der Waals surface area contributed by atoms with Gasteiger partial charge in [-0.2, -0.15) is 5.10 Å². The van der Waals surface area contributed by atoms with Gasteiger partial charge in [0.1, 0.15) is 18.7 Å². The zero-order valence-electron chi connectivity index (χ0n) is 15.3. The molecule has 3 rings (SSSR count). The van der Waals surface area contributed by atoms with E-state index in [9.17, 15) is 4.79 Å². The van der Waals surface area contributed by atoms with Crippen LogP contribution in [0.3, 0.4) is 0 Å². The second kappa shape index (κ2) is 8.79. The Kier molecular flexibility index (Phi) is 6.21. The van der Waals surface area contributed by atoms with Gasteiger partial charge in [0.15, 0.2) is 6.54 Å². The number of carbonyl (C=O) groups is 1. The highest BCUT2D eigenvalue weighted by Crippen LogP contribution is 2.24. The molecule has 0 radical (unpaired) electrons. The number of aromatic nitrogens is 3. The maximum atomic E-state index is 12.6. The third-order valence-electron chi connectivity index (χ3n) is 4.36. The first-order valence-corrected chi connectivity index (χ1v) is 9.25. The van der Waals surface area contributed by atoms with Crippen LogP contribution in [0, 0.1) is 5.92 Å². The van der Waals surface area contributed by atoms with Crippen LogP contribution in [0.5, 0.6) is 0 Å². The second-order valence-electron chi connectivity index (χ2n) is 6.67. The third-order valence-corrected chi connectivity index (χ3v) is 4.59. The monoisotopic (exact) mass is 384 g/mol. The van der Waals surface area contributed by atoms with Gasteiger partial charge in [0.05, 0.1) is 11.4 Å². The molecule has 27 heavy (non-hydrogen) atoms. The number of nitrogens with one attached hydrogen (secondary N) is 1. The van der Waals surface area contributed by atoms with Crippen LogP contribution >= 0.6 is 11.6 Å². The number of benzene rings is 2. The highest BCUT2D eigenvalue weighted by atomic mass is 35.5. The summed E-state index contributed by atoms with van der Waals surface area (Å²) >= 11 is 6.11. The van der Waals surface area contributed by atoms with Crippen LogP contribution in [0.15, 0.2) is 61.2 Å². The van der Waals surface area contributed by atoms with Crippen molar-refractivity contribution in [2.24, 2.45) is 5.92 Å². The number of anilines is 1. The number of halogens is 1. The third kappa shape index (κ3) is 4.93. The van der Waals surface area contributed by atoms with E-state index < -0.39 is 0 Å². The van der Waals surface area contributed by atoms with E-state index in [1.54, 1.807) is 29.2 Å². The summed E-state index contributed by atoms with van der Waals surface area (Å²) in [6, 6.07) is 15.7. The molecule has 1 atom stereocenters. The highest BCUT2D eigenvalue weighted by Gasteiger charge is 2.20. The molecule has 0 fully saturated rings. The maximum Gasteiger partial charge on any atom is 0.279 e. The van der Waals surface area contributed by atoms with Crippen molar-refractivity contribution in [2.75, 3.05) is 11.9 Å². The summed E-state index contributed by atoms with van der Waals surface area (Å²) < 4.78 is 1.59. The van der Waals surface area contributed by atoms with E-state index in [4.69, 9.17) is 11.6 Å². The van der Waals surface area contributed by atoms with Crippen LogP contribution in [0.25, 0.3) is 5.69 Å². The molecular formula is C20H23ClN5O+. The minimum atomic E-state index is -0.0970. The van der Waals surface area contributed by atoms with E-state index in [0.29, 0.717) is 28.9 Å². The van der Waals surface area contributed by atoms with Gasteiger partial charge in [0.2, 0.25) is 0 Å². The van der Waals surface area contributed by atoms with Crippen LogP contribution < -0.4 is 10.6 Å². The molecule has 0 aliphatic rings. The summed E-state index contributed by atoms with van der Waals surface area (Å²) in [6.07, 6.45) is 3.02. The van der Waals surface area contributed by atoms with E-state index in [1.165, 1.54) is 11.9 Å². The van der Waals surface area contributed by atoms with E-state index >= 15 is 0 Å². The minimum Gasteiger partial charge on any atom is -0.332 e. The Hall–Kier alpha value is -2.70. The van der Waals surface area contributed by atoms with E-state index in [2.05, 4.69) is 46.7 Å². The summed E-state index contributed by atoms with van der Waals surface area (Å²) in [4.78, 5) is 16.5. The molecule has 0 saturated carbocycles. The first kappa shape index (κ1) is 19.1. The number of quaternary nitrogens is 1. The van der Waals surface area contributed by atoms with E-state index in [0.717, 1.165) is 0 Å². The summed E-state index contributed by atoms with van der Waals surface area (Å²) in [7, 11) is 0. The van der Waals surface area contributed by atoms with Crippen molar-refractivity contribution in [3.8, 4) is 5.69 Å². The van der Waals surface area contributed by atoms with Crippen LogP contribution in [0.1, 0.15) is 25.5 Å². The van der Waals surface area contributed by atoms with Gasteiger partial charge in [-0.05, 0) is 18.2 Å². The second-order valence-corrected chi connectivity index (χ2v) is 7.11. The zero-order valence-corrected chi connectivity index (χ0v) is 16.1. The lowest BCUT2D eigenvalue weighted by Crippen LogP contribution is -2.88. The normalized spacial score (nSPS) is 12.1. The molecule has 0 unspecified atom stereocenters. The van der Waals surface area contributed by atoms with Gasteiger partial charge in [-0.1, -0.05) is 55.8 Å². The van der Waals surface area contributed by atoms with Crippen LogP contribution in [0.4, 0.5) is 5.69 Å². The molecule has 0 bridgehead atoms. The van der Waals surface area contributed by atoms with Gasteiger partial charge in [-0.15, -0.1) is 0 Å². The summed E-state index contributed by atoms with van der Waals surface area (Å²) in [5.74, 6) is 0.303. The summed E-state index contributed by atoms with van der Waals surface area (Å²) in [5, 5.41) is 9.68. The van der Waals surface area contributed by atoms with Gasteiger partial charge in [-0.3, -0.25) is 4.79 Å². The average Bonchev–Trinajstić information content (AvgIpc) is 3.17. The number of hydrogen-bond donors (Lipinski definition) is 2. The first-order valence-electron chi connectivity index (χ1n) is 8.87. The molecule has 7 heteroatoms. The quantitative estimate of drug-likeness (QED) is 0.657. The summed E-state index contributed by atoms with van der Waals surface area (Å²) in [6.45, 7) is 4.62. The Bertz CT molecular complexity index is 881. The molecule has 1 amide bonds. The lowest BCUT2D eigenvalue weighted by molar-refractivity contribution is -0.692. The Balaban J connectivity index is 1.70. The Morgan fingerprint density at radius 2 is 2.00 bits per heavy atom. The van der Waals surface area contributed by atoms with Crippen molar-refractivity contribution >= 4 is 23.2 Å². The van der Waals surface area contributed by atoms with E-state index in [1.807, 2.05) is 18.2 Å². The minimum absolute atomic E-state index is 0.0970. The lowest BCUT2D eigenvalue weighted by atomic mass is 9.96. The van der Waals surface area contributed by atoms with Gasteiger partial charge in [0.25, 0.3) is 5.91 Å². The number of nitrogens with two attached hydrogens (primary N) is 1. The Labute approximate surface area is 163 Å². The summed E-state index contributed by atoms with van der Waals surface area (Å²) in [5.41, 5.74) is 2.53. The molecule has 6 nitrogen and oxygen atoms in total. The molecule has 0 aliphatic heterocycles. The van der Waals surface area contributed by atoms with Crippen LogP contribution in [-0.4, -0.2) is 27.2 Å². The largest absolute Gasteiger partial charge is 0.332 e. The number of rotatable bonds is 7. The predicted octanol–water partition coefficient (Wildman–Crippen LogP) is 2.82. The highest BCUT2D eigenvalue weighted by molar-refractivity contribution is 6.31. The molecule has 0 aliphatic carbocycles. The zero-order chi connectivity index (χ0) is 19.2. The fourth-order valence-electron chi connectivity index (χ4n) is 3.04. The topological polar surface area (TPSA) is 76.4 Å². The number of nitrogens with zero attached hydrogens (tertiary/aromatic N) is 3. The average molecular weight is 385 g/mol. The molecule has 2 aromatic carbocycles. The number of carbonyl (C=O) groups excluding carboxylic acids is 1. The molecule has 140 valence electrons. The van der Waals surface area contributed by atoms with Crippen molar-refractivity contribution in [1.82, 2.24) is 14.8 Å². The molecular weight excluding hydrogens is 362 g/mol. The lowest BCUT2D eigenvalue weighted by Gasteiger charge is -2.19. The molecule has 1 aromatic heterocycles. The molecule has 1 heterocycles. The number of amides is 1. The van der Waals surface area contributed by atoms with Gasteiger partial charge >= 0.3 is 0 Å². The van der Waals surface area contributed by atoms with Crippen molar-refractivity contribution in [3.63, 3.8) is 0 Å². The van der Waals surface area contributed by atoms with Crippen molar-refractivity contribution in [2.45, 2.75) is 19.9 Å². The first-order chi connectivity index (χ1) is 13.0. The predicted molar refractivity (Wildman–Crippen MR) is 106 cm³/mol. The molecule has 0 saturated heterocycles. The smallest absolute Gasteiger partial charge is 0.279 e. The standard InChI is InChI=1S/C20H22ClN5O/c1-14(2)20(15-6-4-3-5-7-15)23-11-19(27)25-17-10-16(21)8-9-18(17)26-13-22-12-24-26/h3-10,12-14,20,23H,11H2,1-2H3,(H,25,27)/p+1/t20-/m0/s1. The van der Waals surface area contributed by atoms with Crippen molar-refractivity contribution < 1.29 is 10.1 Å². The van der Waals surface area contributed by atoms with Crippen molar-refractivity contribution in [1.29, 1.82) is 0 Å². The van der Waals surface area contributed by atoms with Gasteiger partial charge in [-0.25, -0.2) is 9.67 Å². The Morgan fingerprint density at radius 1 is 1.22 bits per heavy atom. The van der Waals surface area contributed by atoms with Crippen molar-refractivity contribution in [3.05, 3.63) is 71.8 Å². The van der Waals surface area contributed by atoms with Crippen LogP contribution in [0.2, 0.25) is 5.02 Å². The van der Waals surface area contributed by atoms with Gasteiger partial charge in [0, 0.05) is 16.5 Å². The molecule has 3 aromatic rings. The van der Waals surface area contributed by atoms with E-state index in [-0.39, 0.29) is 11.9 Å². The molecule has 3 N–H and O–H groups in total. The van der Waals surface area contributed by atoms with Gasteiger partial charge < -0.3 is 10.6 Å². The SMILES string of the molecule is CC(C)[C@H]([NH2+]CC(=O)Nc1cc(Cl)ccc1-n1cncn1)c1ccccc1. The maximum absolute atomic E-state index is 12.6. The molecule has 0 spiro atoms. The fourth-order valence-corrected chi connectivity index (χ4v) is 3.22.